The molecule has 0 aliphatic carbocycles. The molecule has 4 aromatic rings. The van der Waals surface area contributed by atoms with Gasteiger partial charge in [-0.05, 0) is 30.3 Å². The van der Waals surface area contributed by atoms with Crippen molar-refractivity contribution < 1.29 is 9.72 Å². The van der Waals surface area contributed by atoms with Crippen LogP contribution in [0.3, 0.4) is 0 Å². The third-order valence-corrected chi connectivity index (χ3v) is 4.71. The monoisotopic (exact) mass is 413 g/mol. The van der Waals surface area contributed by atoms with Crippen molar-refractivity contribution in [3.63, 3.8) is 0 Å². The average molecular weight is 413 g/mol. The molecular weight excluding hydrogens is 394 g/mol. The Kier molecular flexibility index (Phi) is 5.79. The normalized spacial score (nSPS) is 10.6. The molecule has 2 heterocycles. The highest BCUT2D eigenvalue weighted by molar-refractivity contribution is 5.94. The first kappa shape index (κ1) is 20.0. The summed E-state index contributed by atoms with van der Waals surface area (Å²) in [5, 5.41) is 18.5. The SMILES string of the molecule is O=C(NCCc1ccccn1)c1cc(-c2ccccc2)nn1-c1ccc([N+](=O)[O-])cc1. The van der Waals surface area contributed by atoms with Crippen LogP contribution in [0.5, 0.6) is 0 Å². The van der Waals surface area contributed by atoms with Crippen molar-refractivity contribution in [2.75, 3.05) is 6.54 Å². The van der Waals surface area contributed by atoms with Crippen molar-refractivity contribution in [1.29, 1.82) is 0 Å². The van der Waals surface area contributed by atoms with E-state index in [0.29, 0.717) is 30.0 Å². The number of non-ortho nitro benzene ring substituents is 1. The summed E-state index contributed by atoms with van der Waals surface area (Å²) in [5.41, 5.74) is 3.26. The third kappa shape index (κ3) is 4.64. The van der Waals surface area contributed by atoms with Crippen LogP contribution in [0.15, 0.2) is 85.1 Å². The number of hydrogen-bond donors (Lipinski definition) is 1. The van der Waals surface area contributed by atoms with Crippen LogP contribution in [-0.4, -0.2) is 32.1 Å². The number of carbonyl (C=O) groups excluding carboxylic acids is 1. The molecule has 2 aromatic heterocycles. The maximum absolute atomic E-state index is 12.9. The predicted molar refractivity (Wildman–Crippen MR) is 116 cm³/mol. The molecule has 0 bridgehead atoms. The van der Waals surface area contributed by atoms with Gasteiger partial charge in [0.15, 0.2) is 0 Å². The summed E-state index contributed by atoms with van der Waals surface area (Å²) in [6, 6.07) is 22.8. The first-order chi connectivity index (χ1) is 15.1. The molecule has 1 amide bonds. The largest absolute Gasteiger partial charge is 0.350 e. The predicted octanol–water partition coefficient (Wildman–Crippen LogP) is 3.82. The van der Waals surface area contributed by atoms with Crippen LogP contribution >= 0.6 is 0 Å². The van der Waals surface area contributed by atoms with Crippen molar-refractivity contribution in [1.82, 2.24) is 20.1 Å². The lowest BCUT2D eigenvalue weighted by molar-refractivity contribution is -0.384. The quantitative estimate of drug-likeness (QED) is 0.366. The molecule has 2 aromatic carbocycles. The van der Waals surface area contributed by atoms with E-state index in [-0.39, 0.29) is 11.6 Å². The molecule has 154 valence electrons. The van der Waals surface area contributed by atoms with Gasteiger partial charge in [-0.3, -0.25) is 19.9 Å². The van der Waals surface area contributed by atoms with Crippen molar-refractivity contribution in [2.24, 2.45) is 0 Å². The summed E-state index contributed by atoms with van der Waals surface area (Å²) in [6.07, 6.45) is 2.32. The summed E-state index contributed by atoms with van der Waals surface area (Å²) in [4.78, 5) is 27.7. The lowest BCUT2D eigenvalue weighted by atomic mass is 10.1. The molecule has 0 radical (unpaired) electrons. The summed E-state index contributed by atoms with van der Waals surface area (Å²) in [5.74, 6) is -0.288. The molecule has 0 aliphatic heterocycles. The van der Waals surface area contributed by atoms with E-state index in [4.69, 9.17) is 0 Å². The number of rotatable bonds is 7. The molecule has 31 heavy (non-hydrogen) atoms. The minimum atomic E-state index is -0.465. The number of benzene rings is 2. The van der Waals surface area contributed by atoms with Crippen LogP contribution in [0, 0.1) is 10.1 Å². The van der Waals surface area contributed by atoms with Gasteiger partial charge in [0, 0.05) is 42.6 Å². The Morgan fingerprint density at radius 1 is 1.00 bits per heavy atom. The molecule has 0 atom stereocenters. The topological polar surface area (TPSA) is 103 Å². The van der Waals surface area contributed by atoms with Gasteiger partial charge >= 0.3 is 0 Å². The Morgan fingerprint density at radius 3 is 2.42 bits per heavy atom. The molecule has 0 aliphatic rings. The van der Waals surface area contributed by atoms with Crippen LogP contribution in [0.2, 0.25) is 0 Å². The molecule has 0 saturated carbocycles. The zero-order chi connectivity index (χ0) is 21.6. The van der Waals surface area contributed by atoms with Crippen molar-refractivity contribution in [2.45, 2.75) is 6.42 Å². The van der Waals surface area contributed by atoms with Gasteiger partial charge in [-0.2, -0.15) is 5.10 Å². The first-order valence-electron chi connectivity index (χ1n) is 9.70. The second-order valence-electron chi connectivity index (χ2n) is 6.79. The maximum Gasteiger partial charge on any atom is 0.270 e. The highest BCUT2D eigenvalue weighted by atomic mass is 16.6. The summed E-state index contributed by atoms with van der Waals surface area (Å²) >= 11 is 0. The van der Waals surface area contributed by atoms with Gasteiger partial charge < -0.3 is 5.32 Å². The van der Waals surface area contributed by atoms with E-state index < -0.39 is 4.92 Å². The molecule has 0 saturated heterocycles. The molecule has 0 unspecified atom stereocenters. The standard InChI is InChI=1S/C23H19N5O3/c29-23(25-15-13-18-8-4-5-14-24-18)22-16-21(17-6-2-1-3-7-17)26-27(22)19-9-11-20(12-10-19)28(30)31/h1-12,14,16H,13,15H2,(H,25,29). The number of nitro benzene ring substituents is 1. The van der Waals surface area contributed by atoms with Gasteiger partial charge in [0.05, 0.1) is 16.3 Å². The van der Waals surface area contributed by atoms with Crippen molar-refractivity contribution in [3.8, 4) is 16.9 Å². The Balaban J connectivity index is 1.62. The number of nitro groups is 1. The third-order valence-electron chi connectivity index (χ3n) is 4.71. The molecular formula is C23H19N5O3. The molecule has 0 fully saturated rings. The Hall–Kier alpha value is -4.33. The van der Waals surface area contributed by atoms with Crippen LogP contribution < -0.4 is 5.32 Å². The Morgan fingerprint density at radius 2 is 1.74 bits per heavy atom. The van der Waals surface area contributed by atoms with Crippen molar-refractivity contribution in [3.05, 3.63) is 107 Å². The number of amides is 1. The number of nitrogens with zero attached hydrogens (tertiary/aromatic N) is 4. The fraction of sp³-hybridized carbons (Fsp3) is 0.0870. The maximum atomic E-state index is 12.9. The average Bonchev–Trinajstić information content (AvgIpc) is 3.26. The Bertz CT molecular complexity index is 1190. The molecule has 0 spiro atoms. The number of carbonyl (C=O) groups is 1. The number of nitrogens with one attached hydrogen (secondary N) is 1. The van der Waals surface area contributed by atoms with Gasteiger partial charge in [-0.25, -0.2) is 4.68 Å². The van der Waals surface area contributed by atoms with E-state index in [1.165, 1.54) is 16.8 Å². The second kappa shape index (κ2) is 9.00. The smallest absolute Gasteiger partial charge is 0.270 e. The summed E-state index contributed by atoms with van der Waals surface area (Å²) < 4.78 is 1.50. The zero-order valence-electron chi connectivity index (χ0n) is 16.5. The van der Waals surface area contributed by atoms with Crippen LogP contribution in [-0.2, 0) is 6.42 Å². The van der Waals surface area contributed by atoms with E-state index >= 15 is 0 Å². The Labute approximate surface area is 178 Å². The van der Waals surface area contributed by atoms with Crippen LogP contribution in [0.25, 0.3) is 16.9 Å². The number of hydrogen-bond acceptors (Lipinski definition) is 5. The molecule has 1 N–H and O–H groups in total. The van der Waals surface area contributed by atoms with Gasteiger partial charge in [0.2, 0.25) is 0 Å². The van der Waals surface area contributed by atoms with Gasteiger partial charge in [-0.1, -0.05) is 36.4 Å². The summed E-state index contributed by atoms with van der Waals surface area (Å²) in [7, 11) is 0. The highest BCUT2D eigenvalue weighted by Crippen LogP contribution is 2.23. The van der Waals surface area contributed by atoms with Gasteiger partial charge in [0.1, 0.15) is 5.69 Å². The molecule has 8 heteroatoms. The van der Waals surface area contributed by atoms with Gasteiger partial charge in [0.25, 0.3) is 11.6 Å². The minimum absolute atomic E-state index is 0.0273. The van der Waals surface area contributed by atoms with Crippen LogP contribution in [0.4, 0.5) is 5.69 Å². The highest BCUT2D eigenvalue weighted by Gasteiger charge is 2.18. The summed E-state index contributed by atoms with van der Waals surface area (Å²) in [6.45, 7) is 0.419. The van der Waals surface area contributed by atoms with E-state index in [1.54, 1.807) is 24.4 Å². The van der Waals surface area contributed by atoms with E-state index in [0.717, 1.165) is 11.3 Å². The fourth-order valence-electron chi connectivity index (χ4n) is 3.15. The van der Waals surface area contributed by atoms with Crippen molar-refractivity contribution >= 4 is 11.6 Å². The minimum Gasteiger partial charge on any atom is -0.350 e. The number of pyridine rings is 1. The van der Waals surface area contributed by atoms with E-state index in [9.17, 15) is 14.9 Å². The second-order valence-corrected chi connectivity index (χ2v) is 6.79. The zero-order valence-corrected chi connectivity index (χ0v) is 16.5. The lowest BCUT2D eigenvalue weighted by Gasteiger charge is -2.08. The van der Waals surface area contributed by atoms with E-state index in [2.05, 4.69) is 15.4 Å². The molecule has 8 nitrogen and oxygen atoms in total. The number of aromatic nitrogens is 3. The van der Waals surface area contributed by atoms with Crippen LogP contribution in [0.1, 0.15) is 16.2 Å². The lowest BCUT2D eigenvalue weighted by Crippen LogP contribution is -2.28. The van der Waals surface area contributed by atoms with E-state index in [1.807, 2.05) is 48.5 Å². The molecule has 4 rings (SSSR count). The first-order valence-corrected chi connectivity index (χ1v) is 9.70. The van der Waals surface area contributed by atoms with Gasteiger partial charge in [-0.15, -0.1) is 0 Å². The fourth-order valence-corrected chi connectivity index (χ4v) is 3.15.